The fraction of sp³-hybridized carbons (Fsp3) is 0.500. The van der Waals surface area contributed by atoms with Gasteiger partial charge in [-0.25, -0.2) is 0 Å². The number of nitrogens with one attached hydrogen (secondary N) is 1. The van der Waals surface area contributed by atoms with Gasteiger partial charge in [-0.15, -0.1) is 0 Å². The zero-order chi connectivity index (χ0) is 16.9. The number of pyridine rings is 1. The van der Waals surface area contributed by atoms with Crippen molar-refractivity contribution in [3.05, 3.63) is 47.1 Å². The molecule has 6 nitrogen and oxygen atoms in total. The summed E-state index contributed by atoms with van der Waals surface area (Å²) in [6.07, 6.45) is 4.12. The smallest absolute Gasteiger partial charge is 0.224 e. The van der Waals surface area contributed by atoms with Gasteiger partial charge in [-0.3, -0.25) is 14.7 Å². The molecule has 3 heterocycles. The van der Waals surface area contributed by atoms with Crippen LogP contribution >= 0.6 is 0 Å². The molecule has 1 amide bonds. The number of nitrogens with zero attached hydrogens (tertiary/aromatic N) is 3. The Morgan fingerprint density at radius 1 is 1.33 bits per heavy atom. The number of hydrogen-bond acceptors (Lipinski definition) is 5. The van der Waals surface area contributed by atoms with Crippen molar-refractivity contribution < 1.29 is 9.32 Å². The second-order valence-corrected chi connectivity index (χ2v) is 6.42. The quantitative estimate of drug-likeness (QED) is 0.909. The Morgan fingerprint density at radius 3 is 2.75 bits per heavy atom. The zero-order valence-electron chi connectivity index (χ0n) is 14.3. The van der Waals surface area contributed by atoms with E-state index in [-0.39, 0.29) is 11.9 Å². The Balaban J connectivity index is 1.44. The molecule has 0 spiro atoms. The van der Waals surface area contributed by atoms with Gasteiger partial charge >= 0.3 is 0 Å². The third-order valence-corrected chi connectivity index (χ3v) is 4.58. The predicted octanol–water partition coefficient (Wildman–Crippen LogP) is 2.01. The van der Waals surface area contributed by atoms with Crippen molar-refractivity contribution in [2.75, 3.05) is 13.1 Å². The van der Waals surface area contributed by atoms with E-state index in [2.05, 4.69) is 26.4 Å². The van der Waals surface area contributed by atoms with Crippen molar-refractivity contribution >= 4 is 5.91 Å². The van der Waals surface area contributed by atoms with Gasteiger partial charge in [0.25, 0.3) is 0 Å². The van der Waals surface area contributed by atoms with Gasteiger partial charge in [0.2, 0.25) is 5.91 Å². The molecule has 0 atom stereocenters. The minimum absolute atomic E-state index is 0.0487. The van der Waals surface area contributed by atoms with Crippen LogP contribution in [-0.2, 0) is 17.8 Å². The molecule has 1 fully saturated rings. The van der Waals surface area contributed by atoms with Crippen LogP contribution in [0.4, 0.5) is 0 Å². The van der Waals surface area contributed by atoms with E-state index in [1.807, 2.05) is 32.2 Å². The highest BCUT2D eigenvalue weighted by molar-refractivity contribution is 5.79. The number of amides is 1. The van der Waals surface area contributed by atoms with Crippen LogP contribution in [0.5, 0.6) is 0 Å². The number of carbonyl (C=O) groups excluding carboxylic acids is 1. The van der Waals surface area contributed by atoms with Crippen molar-refractivity contribution in [1.29, 1.82) is 0 Å². The average Bonchev–Trinajstić information content (AvgIpc) is 2.89. The average molecular weight is 328 g/mol. The molecule has 0 bridgehead atoms. The number of rotatable bonds is 5. The van der Waals surface area contributed by atoms with Gasteiger partial charge in [0.05, 0.1) is 17.8 Å². The van der Waals surface area contributed by atoms with Gasteiger partial charge in [0, 0.05) is 37.4 Å². The molecule has 128 valence electrons. The maximum absolute atomic E-state index is 12.3. The summed E-state index contributed by atoms with van der Waals surface area (Å²) in [5.41, 5.74) is 2.80. The summed E-state index contributed by atoms with van der Waals surface area (Å²) < 4.78 is 5.11. The lowest BCUT2D eigenvalue weighted by Crippen LogP contribution is -2.44. The van der Waals surface area contributed by atoms with Crippen LogP contribution in [0.1, 0.15) is 35.6 Å². The maximum atomic E-state index is 12.3. The van der Waals surface area contributed by atoms with E-state index in [4.69, 9.17) is 4.52 Å². The van der Waals surface area contributed by atoms with E-state index in [9.17, 15) is 4.79 Å². The van der Waals surface area contributed by atoms with Gasteiger partial charge in [0.15, 0.2) is 0 Å². The molecule has 0 aromatic carbocycles. The molecule has 0 unspecified atom stereocenters. The Bertz CT molecular complexity index is 656. The Kier molecular flexibility index (Phi) is 5.25. The first kappa shape index (κ1) is 16.6. The van der Waals surface area contributed by atoms with E-state index in [0.717, 1.165) is 55.2 Å². The van der Waals surface area contributed by atoms with Crippen LogP contribution in [-0.4, -0.2) is 40.1 Å². The molecular weight excluding hydrogens is 304 g/mol. The van der Waals surface area contributed by atoms with Gasteiger partial charge in [-0.05, 0) is 38.8 Å². The summed E-state index contributed by atoms with van der Waals surface area (Å²) in [6, 6.07) is 6.25. The maximum Gasteiger partial charge on any atom is 0.224 e. The third kappa shape index (κ3) is 4.20. The van der Waals surface area contributed by atoms with Crippen molar-refractivity contribution in [2.24, 2.45) is 0 Å². The third-order valence-electron chi connectivity index (χ3n) is 4.58. The summed E-state index contributed by atoms with van der Waals surface area (Å²) >= 11 is 0. The largest absolute Gasteiger partial charge is 0.361 e. The van der Waals surface area contributed by atoms with Gasteiger partial charge in [-0.2, -0.15) is 0 Å². The van der Waals surface area contributed by atoms with Crippen LogP contribution in [0.2, 0.25) is 0 Å². The monoisotopic (exact) mass is 328 g/mol. The SMILES string of the molecule is Cc1noc(C)c1CC(=O)NC1CCN(Cc2ccccn2)CC1. The van der Waals surface area contributed by atoms with E-state index < -0.39 is 0 Å². The summed E-state index contributed by atoms with van der Waals surface area (Å²) in [5.74, 6) is 0.778. The lowest BCUT2D eigenvalue weighted by molar-refractivity contribution is -0.121. The van der Waals surface area contributed by atoms with Crippen LogP contribution < -0.4 is 5.32 Å². The first-order valence-electron chi connectivity index (χ1n) is 8.45. The van der Waals surface area contributed by atoms with Gasteiger partial charge in [-0.1, -0.05) is 11.2 Å². The second-order valence-electron chi connectivity index (χ2n) is 6.42. The fourth-order valence-electron chi connectivity index (χ4n) is 3.15. The summed E-state index contributed by atoms with van der Waals surface area (Å²) in [5, 5.41) is 7.04. The molecule has 1 N–H and O–H groups in total. The molecule has 24 heavy (non-hydrogen) atoms. The zero-order valence-corrected chi connectivity index (χ0v) is 14.3. The van der Waals surface area contributed by atoms with E-state index >= 15 is 0 Å². The highest BCUT2D eigenvalue weighted by Crippen LogP contribution is 2.15. The molecule has 2 aromatic heterocycles. The Morgan fingerprint density at radius 2 is 2.12 bits per heavy atom. The lowest BCUT2D eigenvalue weighted by Gasteiger charge is -2.32. The minimum atomic E-state index is 0.0487. The van der Waals surface area contributed by atoms with Crippen LogP contribution in [0.25, 0.3) is 0 Å². The molecule has 2 aromatic rings. The number of carbonyl (C=O) groups is 1. The fourth-order valence-corrected chi connectivity index (χ4v) is 3.15. The number of aryl methyl sites for hydroxylation is 2. The molecule has 6 heteroatoms. The minimum Gasteiger partial charge on any atom is -0.361 e. The standard InChI is InChI=1S/C18H24N4O2/c1-13-17(14(2)24-21-13)11-18(23)20-15-6-9-22(10-7-15)12-16-5-3-4-8-19-16/h3-5,8,15H,6-7,9-12H2,1-2H3,(H,20,23). The topological polar surface area (TPSA) is 71.3 Å². The molecule has 0 radical (unpaired) electrons. The van der Waals surface area contributed by atoms with Crippen molar-refractivity contribution in [1.82, 2.24) is 20.4 Å². The summed E-state index contributed by atoms with van der Waals surface area (Å²) in [6.45, 7) is 6.55. The molecule has 1 aliphatic rings. The Hall–Kier alpha value is -2.21. The number of piperidine rings is 1. The highest BCUT2D eigenvalue weighted by atomic mass is 16.5. The second kappa shape index (κ2) is 7.57. The van der Waals surface area contributed by atoms with Crippen LogP contribution in [0, 0.1) is 13.8 Å². The van der Waals surface area contributed by atoms with Crippen molar-refractivity contribution in [2.45, 2.75) is 45.7 Å². The normalized spacial score (nSPS) is 16.2. The lowest BCUT2D eigenvalue weighted by atomic mass is 10.0. The molecule has 1 saturated heterocycles. The van der Waals surface area contributed by atoms with Crippen LogP contribution in [0.3, 0.4) is 0 Å². The first-order valence-corrected chi connectivity index (χ1v) is 8.45. The summed E-state index contributed by atoms with van der Waals surface area (Å²) in [4.78, 5) is 19.0. The number of hydrogen-bond donors (Lipinski definition) is 1. The molecule has 0 aliphatic carbocycles. The van der Waals surface area contributed by atoms with E-state index in [1.165, 1.54) is 0 Å². The van der Waals surface area contributed by atoms with E-state index in [0.29, 0.717) is 6.42 Å². The number of aromatic nitrogens is 2. The summed E-state index contributed by atoms with van der Waals surface area (Å²) in [7, 11) is 0. The van der Waals surface area contributed by atoms with Crippen molar-refractivity contribution in [3.8, 4) is 0 Å². The predicted molar refractivity (Wildman–Crippen MR) is 90.4 cm³/mol. The van der Waals surface area contributed by atoms with Crippen LogP contribution in [0.15, 0.2) is 28.9 Å². The molecule has 0 saturated carbocycles. The first-order chi connectivity index (χ1) is 11.6. The number of likely N-dealkylation sites (tertiary alicyclic amines) is 1. The highest BCUT2D eigenvalue weighted by Gasteiger charge is 2.22. The van der Waals surface area contributed by atoms with E-state index in [1.54, 1.807) is 0 Å². The molecular formula is C18H24N4O2. The van der Waals surface area contributed by atoms with Gasteiger partial charge in [0.1, 0.15) is 5.76 Å². The van der Waals surface area contributed by atoms with Crippen molar-refractivity contribution in [3.63, 3.8) is 0 Å². The van der Waals surface area contributed by atoms with Gasteiger partial charge < -0.3 is 9.84 Å². The molecule has 1 aliphatic heterocycles. The molecule has 3 rings (SSSR count). The Labute approximate surface area is 142 Å².